The summed E-state index contributed by atoms with van der Waals surface area (Å²) in [5.74, 6) is -1.88. The number of ether oxygens (including phenoxy) is 2. The minimum Gasteiger partial charge on any atom is -0.383 e. The molecule has 2 amide bonds. The molecule has 0 radical (unpaired) electrons. The first-order valence-corrected chi connectivity index (χ1v) is 18.3. The largest absolute Gasteiger partial charge is 0.383 e. The molecule has 2 saturated carbocycles. The molecular formula is C33H54Cl2N12O7. The predicted octanol–water partition coefficient (Wildman–Crippen LogP) is 2.06. The number of hydrogen-bond acceptors (Lipinski definition) is 12. The van der Waals surface area contributed by atoms with E-state index in [2.05, 4.69) is 36.2 Å². The van der Waals surface area contributed by atoms with Gasteiger partial charge in [0.2, 0.25) is 17.3 Å². The lowest BCUT2D eigenvalue weighted by Gasteiger charge is -2.34. The van der Waals surface area contributed by atoms with E-state index >= 15 is 0 Å². The van der Waals surface area contributed by atoms with Crippen LogP contribution >= 0.6 is 24.8 Å². The molecular weight excluding hydrogens is 747 g/mol. The van der Waals surface area contributed by atoms with E-state index in [0.717, 1.165) is 51.5 Å². The van der Waals surface area contributed by atoms with Crippen molar-refractivity contribution in [2.45, 2.75) is 89.1 Å². The van der Waals surface area contributed by atoms with Crippen molar-refractivity contribution in [3.63, 3.8) is 0 Å². The number of anilines is 1. The zero-order chi connectivity index (χ0) is 37.0. The molecule has 11 N–H and O–H groups in total. The Morgan fingerprint density at radius 1 is 0.759 bits per heavy atom. The first-order valence-electron chi connectivity index (χ1n) is 18.3. The van der Waals surface area contributed by atoms with Crippen molar-refractivity contribution < 1.29 is 28.6 Å². The maximum Gasteiger partial charge on any atom is 0.300 e. The van der Waals surface area contributed by atoms with Gasteiger partial charge in [0.25, 0.3) is 0 Å². The Balaban J connectivity index is 0.00000392. The minimum absolute atomic E-state index is 0. The number of aromatic nitrogens is 2. The highest BCUT2D eigenvalue weighted by molar-refractivity contribution is 5.93. The Bertz CT molecular complexity index is 1530. The number of unbranched alkanes of at least 4 members (excludes halogenated alkanes) is 8. The number of carbonyl (C=O) groups excluding carboxylic acids is 2. The first kappa shape index (κ1) is 44.2. The number of nitrogens with one attached hydrogen (secondary N) is 3. The summed E-state index contributed by atoms with van der Waals surface area (Å²) in [6.07, 6.45) is 10.6. The molecule has 3 aliphatic rings. The summed E-state index contributed by atoms with van der Waals surface area (Å²) in [6.45, 7) is 1.74. The van der Waals surface area contributed by atoms with Crippen molar-refractivity contribution >= 4 is 71.0 Å². The number of carbonyl (C=O) groups is 2. The molecule has 1 aliphatic heterocycles. The maximum absolute atomic E-state index is 13.4. The van der Waals surface area contributed by atoms with E-state index in [4.69, 9.17) is 37.0 Å². The number of nitrogens with zero attached hydrogens (tertiary/aromatic N) is 5. The summed E-state index contributed by atoms with van der Waals surface area (Å²) >= 11 is 0. The first-order chi connectivity index (χ1) is 25.2. The fourth-order valence-electron chi connectivity index (χ4n) is 7.90. The quantitative estimate of drug-likeness (QED) is 0.0295. The highest BCUT2D eigenvalue weighted by atomic mass is 35.5. The van der Waals surface area contributed by atoms with Crippen molar-refractivity contribution in [1.82, 2.24) is 20.9 Å². The molecule has 1 unspecified atom stereocenters. The topological polar surface area (TPSA) is 300 Å². The van der Waals surface area contributed by atoms with Crippen LogP contribution in [0.25, 0.3) is 11.0 Å². The smallest absolute Gasteiger partial charge is 0.300 e. The number of nitro benzene ring substituents is 1. The van der Waals surface area contributed by atoms with Gasteiger partial charge in [0.15, 0.2) is 23.7 Å². The van der Waals surface area contributed by atoms with Gasteiger partial charge in [0.05, 0.1) is 47.7 Å². The molecule has 1 aromatic carbocycles. The molecule has 7 atom stereocenters. The van der Waals surface area contributed by atoms with Crippen LogP contribution < -0.4 is 38.9 Å². The van der Waals surface area contributed by atoms with Gasteiger partial charge in [-0.2, -0.15) is 0 Å². The van der Waals surface area contributed by atoms with Gasteiger partial charge in [-0.1, -0.05) is 44.9 Å². The van der Waals surface area contributed by atoms with E-state index in [1.807, 2.05) is 0 Å². The van der Waals surface area contributed by atoms with Crippen LogP contribution in [0.1, 0.15) is 70.6 Å². The van der Waals surface area contributed by atoms with E-state index in [0.29, 0.717) is 17.6 Å². The van der Waals surface area contributed by atoms with Crippen molar-refractivity contribution in [3.8, 4) is 0 Å². The van der Waals surface area contributed by atoms with Crippen LogP contribution in [0.3, 0.4) is 0 Å². The summed E-state index contributed by atoms with van der Waals surface area (Å²) in [4.78, 5) is 45.3. The molecule has 2 aromatic rings. The molecule has 2 bridgehead atoms. The molecule has 21 heteroatoms. The van der Waals surface area contributed by atoms with Gasteiger partial charge >= 0.3 is 5.69 Å². The number of non-ortho nitro benzene ring substituents is 1. The zero-order valence-electron chi connectivity index (χ0n) is 30.2. The van der Waals surface area contributed by atoms with Crippen LogP contribution in [0.15, 0.2) is 26.7 Å². The molecule has 1 aromatic heterocycles. The van der Waals surface area contributed by atoms with E-state index in [1.54, 1.807) is 6.07 Å². The van der Waals surface area contributed by atoms with Gasteiger partial charge < -0.3 is 48.4 Å². The molecule has 0 spiro atoms. The monoisotopic (exact) mass is 800 g/mol. The standard InChI is InChI=1S/C33H52N12O7.2ClH/c34-32(35)41-16-14-39-30(46)24-19-18-20(25(24)31(47)40-15-17-42-33(36)37)29-28(19)50-23(51-29)10-8-6-4-2-1-3-5-7-9-13-38-21-11-12-22(45(48)49)27-26(21)43-52-44-27;;/h11-12,19-20,23-25,28-29,38H,1-10,13-18H2,(H,39,46)(H,40,47)(H4,34,35,41)(H4,36,37,42);2*1H/t19-,20+,23?,24-,25-,28-,29+;;/m1../s1. The minimum atomic E-state index is -0.551. The number of fused-ring (bicyclic) bond motifs is 6. The summed E-state index contributed by atoms with van der Waals surface area (Å²) in [5, 5.41) is 27.7. The molecule has 1 saturated heterocycles. The molecule has 2 heterocycles. The van der Waals surface area contributed by atoms with Crippen LogP contribution in [-0.2, 0) is 19.1 Å². The summed E-state index contributed by atoms with van der Waals surface area (Å²) in [7, 11) is 0. The van der Waals surface area contributed by atoms with Crippen LogP contribution in [0.2, 0.25) is 0 Å². The lowest BCUT2D eigenvalue weighted by Crippen LogP contribution is -2.52. The Hall–Kier alpha value is -4.20. The van der Waals surface area contributed by atoms with Gasteiger partial charge in [-0.3, -0.25) is 29.7 Å². The molecule has 2 aliphatic carbocycles. The second kappa shape index (κ2) is 21.6. The summed E-state index contributed by atoms with van der Waals surface area (Å²) < 4.78 is 17.5. The average Bonchev–Trinajstić information content (AvgIpc) is 3.90. The van der Waals surface area contributed by atoms with Crippen LogP contribution in [-0.4, -0.2) is 90.2 Å². The van der Waals surface area contributed by atoms with Gasteiger partial charge in [-0.15, -0.1) is 24.8 Å². The van der Waals surface area contributed by atoms with Crippen molar-refractivity contribution in [2.24, 2.45) is 56.6 Å². The lowest BCUT2D eigenvalue weighted by molar-refractivity contribution is -0.383. The number of guanidine groups is 2. The number of hydrogen-bond donors (Lipinski definition) is 7. The molecule has 19 nitrogen and oxygen atoms in total. The van der Waals surface area contributed by atoms with Crippen molar-refractivity contribution in [2.75, 3.05) is 38.0 Å². The summed E-state index contributed by atoms with van der Waals surface area (Å²) in [5.41, 5.74) is 22.7. The fourth-order valence-corrected chi connectivity index (χ4v) is 7.90. The number of halogens is 2. The van der Waals surface area contributed by atoms with Crippen LogP contribution in [0.4, 0.5) is 11.4 Å². The second-order valence-electron chi connectivity index (χ2n) is 13.7. The van der Waals surface area contributed by atoms with Gasteiger partial charge in [-0.25, -0.2) is 4.63 Å². The van der Waals surface area contributed by atoms with E-state index in [-0.39, 0.29) is 116 Å². The number of amides is 2. The molecule has 3 fully saturated rings. The number of aliphatic imine (C=N–C) groups is 2. The normalized spacial score (nSPS) is 23.4. The van der Waals surface area contributed by atoms with Gasteiger partial charge in [-0.05, 0) is 42.1 Å². The summed E-state index contributed by atoms with van der Waals surface area (Å²) in [6, 6.07) is 3.05. The van der Waals surface area contributed by atoms with Crippen LogP contribution in [0, 0.1) is 33.8 Å². The Kier molecular flexibility index (Phi) is 17.7. The zero-order valence-corrected chi connectivity index (χ0v) is 31.9. The van der Waals surface area contributed by atoms with Gasteiger partial charge in [0, 0.05) is 37.5 Å². The van der Waals surface area contributed by atoms with Crippen molar-refractivity contribution in [1.29, 1.82) is 0 Å². The average molecular weight is 802 g/mol. The number of benzene rings is 1. The van der Waals surface area contributed by atoms with Crippen LogP contribution in [0.5, 0.6) is 0 Å². The maximum atomic E-state index is 13.4. The van der Waals surface area contributed by atoms with Gasteiger partial charge in [0.1, 0.15) is 0 Å². The SMILES string of the molecule is Cl.Cl.NC(N)=NCCNC(=O)[C@@H]1[C@@H]2C[C@@H]([C@H]3OC(CCCCCCCCCCCNc4ccc([N+](=O)[O-])c5nonc45)O[C@@H]23)[C@H]1C(=O)NCCN=C(N)N. The number of nitrogens with two attached hydrogens (primary N) is 4. The molecule has 302 valence electrons. The lowest BCUT2D eigenvalue weighted by atomic mass is 9.75. The fraction of sp³-hybridized carbons (Fsp3) is 0.697. The third-order valence-corrected chi connectivity index (χ3v) is 10.2. The highest BCUT2D eigenvalue weighted by Gasteiger charge is 2.66. The highest BCUT2D eigenvalue weighted by Crippen LogP contribution is 2.57. The van der Waals surface area contributed by atoms with Crippen molar-refractivity contribution in [3.05, 3.63) is 22.2 Å². The third kappa shape index (κ3) is 11.4. The van der Waals surface area contributed by atoms with E-state index in [1.165, 1.54) is 25.3 Å². The molecule has 5 rings (SSSR count). The second-order valence-corrected chi connectivity index (χ2v) is 13.7. The number of rotatable bonds is 22. The Morgan fingerprint density at radius 2 is 1.26 bits per heavy atom. The third-order valence-electron chi connectivity index (χ3n) is 10.2. The Morgan fingerprint density at radius 3 is 1.78 bits per heavy atom. The molecule has 54 heavy (non-hydrogen) atoms. The number of nitro groups is 1. The van der Waals surface area contributed by atoms with E-state index < -0.39 is 16.8 Å². The van der Waals surface area contributed by atoms with E-state index in [9.17, 15) is 19.7 Å². The predicted molar refractivity (Wildman–Crippen MR) is 207 cm³/mol. The Labute approximate surface area is 325 Å².